The topological polar surface area (TPSA) is 172 Å². The summed E-state index contributed by atoms with van der Waals surface area (Å²) in [6, 6.07) is 9.33. The van der Waals surface area contributed by atoms with Gasteiger partial charge in [-0.25, -0.2) is 9.59 Å². The van der Waals surface area contributed by atoms with E-state index in [0.717, 1.165) is 0 Å². The Morgan fingerprint density at radius 1 is 1.06 bits per heavy atom. The zero-order valence-electron chi connectivity index (χ0n) is 17.3. The van der Waals surface area contributed by atoms with Crippen molar-refractivity contribution in [3.8, 4) is 17.2 Å². The van der Waals surface area contributed by atoms with Gasteiger partial charge in [-0.2, -0.15) is 0 Å². The van der Waals surface area contributed by atoms with Gasteiger partial charge in [0.25, 0.3) is 0 Å². The predicted octanol–water partition coefficient (Wildman–Crippen LogP) is 0.126. The summed E-state index contributed by atoms with van der Waals surface area (Å²) < 4.78 is 21.5. The van der Waals surface area contributed by atoms with Gasteiger partial charge in [0.1, 0.15) is 35.7 Å². The Morgan fingerprint density at radius 2 is 1.82 bits per heavy atom. The molecular weight excluding hydrogens is 440 g/mol. The summed E-state index contributed by atoms with van der Waals surface area (Å²) in [6.07, 6.45) is -9.37. The number of carbonyl (C=O) groups is 2. The molecule has 1 saturated heterocycles. The first-order valence-electron chi connectivity index (χ1n) is 10.00. The standard InChI is InChI=1S/C22H22O11/c1-30-12-6-5-9(13-8-10-3-2-4-11(23)15(10)21(29)31-13)7-14(12)32-22-18(26)16(24)17(25)19(33-22)20(27)28/h2-7,13,16-19,22-26H,8H2,1H3,(H,27,28)/t13?,16-,17-,18+,19-,22+/m0/s1. The van der Waals surface area contributed by atoms with Crippen LogP contribution >= 0.6 is 0 Å². The fraction of sp³-hybridized carbons (Fsp3) is 0.364. The van der Waals surface area contributed by atoms with E-state index in [4.69, 9.17) is 18.9 Å². The van der Waals surface area contributed by atoms with E-state index in [9.17, 15) is 35.1 Å². The first-order valence-corrected chi connectivity index (χ1v) is 10.00. The second-order valence-electron chi connectivity index (χ2n) is 7.67. The molecule has 0 aliphatic carbocycles. The number of phenolic OH excluding ortho intramolecular Hbond substituents is 1. The molecule has 0 spiro atoms. The summed E-state index contributed by atoms with van der Waals surface area (Å²) in [5.74, 6) is -2.19. The number of carbonyl (C=O) groups excluding carboxylic acids is 1. The predicted molar refractivity (Wildman–Crippen MR) is 108 cm³/mol. The van der Waals surface area contributed by atoms with Crippen molar-refractivity contribution in [3.05, 3.63) is 53.1 Å². The summed E-state index contributed by atoms with van der Waals surface area (Å²) in [7, 11) is 1.36. The number of methoxy groups -OCH3 is 1. The Bertz CT molecular complexity index is 1070. The van der Waals surface area contributed by atoms with Crippen molar-refractivity contribution in [2.24, 2.45) is 0 Å². The van der Waals surface area contributed by atoms with E-state index in [1.54, 1.807) is 18.2 Å². The van der Waals surface area contributed by atoms with Crippen LogP contribution in [0.15, 0.2) is 36.4 Å². The normalized spacial score (nSPS) is 29.0. The molecule has 1 unspecified atom stereocenters. The molecule has 0 saturated carbocycles. The van der Waals surface area contributed by atoms with Gasteiger partial charge in [0.05, 0.1) is 7.11 Å². The monoisotopic (exact) mass is 462 g/mol. The number of esters is 1. The number of hydrogen-bond acceptors (Lipinski definition) is 10. The number of ether oxygens (including phenoxy) is 4. The second kappa shape index (κ2) is 8.87. The number of aliphatic hydroxyl groups is 3. The SMILES string of the molecule is COc1ccc(C2Cc3cccc(O)c3C(=O)O2)cc1O[C@@H]1O[C@H](C(=O)O)[C@@H](O)[C@H](O)[C@H]1O. The van der Waals surface area contributed by atoms with Crippen LogP contribution in [0.2, 0.25) is 0 Å². The third kappa shape index (κ3) is 4.18. The molecule has 0 amide bonds. The van der Waals surface area contributed by atoms with E-state index >= 15 is 0 Å². The van der Waals surface area contributed by atoms with E-state index in [0.29, 0.717) is 11.1 Å². The number of phenols is 1. The first-order chi connectivity index (χ1) is 15.7. The summed E-state index contributed by atoms with van der Waals surface area (Å²) in [6.45, 7) is 0. The van der Waals surface area contributed by atoms with Crippen LogP contribution in [0.5, 0.6) is 17.2 Å². The van der Waals surface area contributed by atoms with Crippen LogP contribution < -0.4 is 9.47 Å². The van der Waals surface area contributed by atoms with Crippen LogP contribution in [0, 0.1) is 0 Å². The number of rotatable bonds is 5. The van der Waals surface area contributed by atoms with Crippen molar-refractivity contribution < 1.29 is 54.1 Å². The molecule has 11 heteroatoms. The fourth-order valence-corrected chi connectivity index (χ4v) is 3.87. The molecule has 2 aliphatic heterocycles. The molecule has 2 heterocycles. The molecule has 6 atom stereocenters. The van der Waals surface area contributed by atoms with Crippen LogP contribution in [0.25, 0.3) is 0 Å². The van der Waals surface area contributed by atoms with Crippen LogP contribution in [-0.2, 0) is 20.7 Å². The van der Waals surface area contributed by atoms with Crippen LogP contribution in [-0.4, -0.2) is 75.3 Å². The van der Waals surface area contributed by atoms with Gasteiger partial charge in [0.15, 0.2) is 17.6 Å². The number of aliphatic hydroxyl groups excluding tert-OH is 3. The molecule has 176 valence electrons. The highest BCUT2D eigenvalue weighted by molar-refractivity contribution is 5.95. The Hall–Kier alpha value is -3.38. The minimum Gasteiger partial charge on any atom is -0.507 e. The van der Waals surface area contributed by atoms with Gasteiger partial charge in [-0.15, -0.1) is 0 Å². The van der Waals surface area contributed by atoms with Crippen molar-refractivity contribution in [3.63, 3.8) is 0 Å². The zero-order chi connectivity index (χ0) is 23.9. The lowest BCUT2D eigenvalue weighted by molar-refractivity contribution is -0.271. The molecule has 2 aliphatic rings. The summed E-state index contributed by atoms with van der Waals surface area (Å²) in [5.41, 5.74) is 1.19. The molecule has 5 N–H and O–H groups in total. The van der Waals surface area contributed by atoms with Gasteiger partial charge in [-0.3, -0.25) is 0 Å². The Morgan fingerprint density at radius 3 is 2.52 bits per heavy atom. The van der Waals surface area contributed by atoms with E-state index < -0.39 is 48.7 Å². The fourth-order valence-electron chi connectivity index (χ4n) is 3.87. The van der Waals surface area contributed by atoms with E-state index in [2.05, 4.69) is 0 Å². The van der Waals surface area contributed by atoms with E-state index in [1.807, 2.05) is 0 Å². The number of hydrogen-bond donors (Lipinski definition) is 5. The van der Waals surface area contributed by atoms with Crippen molar-refractivity contribution >= 4 is 11.9 Å². The maximum Gasteiger partial charge on any atom is 0.342 e. The molecule has 0 bridgehead atoms. The number of carboxylic acids is 1. The molecule has 2 aromatic rings. The van der Waals surface area contributed by atoms with E-state index in [1.165, 1.54) is 25.3 Å². The lowest BCUT2D eigenvalue weighted by Gasteiger charge is -2.38. The van der Waals surface area contributed by atoms with Gasteiger partial charge in [-0.1, -0.05) is 18.2 Å². The summed E-state index contributed by atoms with van der Waals surface area (Å²) in [4.78, 5) is 23.8. The van der Waals surface area contributed by atoms with Crippen molar-refractivity contribution in [2.45, 2.75) is 43.2 Å². The average Bonchev–Trinajstić information content (AvgIpc) is 2.78. The Labute approximate surface area is 187 Å². The molecule has 2 aromatic carbocycles. The molecule has 4 rings (SSSR count). The van der Waals surface area contributed by atoms with E-state index in [-0.39, 0.29) is 29.2 Å². The number of carboxylic acid groups (broad SMARTS) is 1. The second-order valence-corrected chi connectivity index (χ2v) is 7.67. The molecular formula is C22H22O11. The zero-order valence-corrected chi connectivity index (χ0v) is 17.3. The highest BCUT2D eigenvalue weighted by Gasteiger charge is 2.48. The van der Waals surface area contributed by atoms with Gasteiger partial charge in [-0.05, 0) is 29.3 Å². The minimum absolute atomic E-state index is 0.0181. The summed E-state index contributed by atoms with van der Waals surface area (Å²) >= 11 is 0. The Kier molecular flexibility index (Phi) is 6.13. The van der Waals surface area contributed by atoms with Gasteiger partial charge in [0, 0.05) is 6.42 Å². The smallest absolute Gasteiger partial charge is 0.342 e. The molecule has 33 heavy (non-hydrogen) atoms. The van der Waals surface area contributed by atoms with Crippen molar-refractivity contribution in [2.75, 3.05) is 7.11 Å². The number of fused-ring (bicyclic) bond motifs is 1. The largest absolute Gasteiger partial charge is 0.507 e. The third-order valence-corrected chi connectivity index (χ3v) is 5.60. The molecule has 0 radical (unpaired) electrons. The number of benzene rings is 2. The van der Waals surface area contributed by atoms with Gasteiger partial charge >= 0.3 is 11.9 Å². The molecule has 11 nitrogen and oxygen atoms in total. The van der Waals surface area contributed by atoms with Gasteiger partial charge < -0.3 is 44.5 Å². The maximum atomic E-state index is 12.4. The highest BCUT2D eigenvalue weighted by Crippen LogP contribution is 2.38. The third-order valence-electron chi connectivity index (χ3n) is 5.60. The van der Waals surface area contributed by atoms with Crippen molar-refractivity contribution in [1.82, 2.24) is 0 Å². The average molecular weight is 462 g/mol. The highest BCUT2D eigenvalue weighted by atomic mass is 16.7. The lowest BCUT2D eigenvalue weighted by Crippen LogP contribution is -2.61. The first kappa shape index (κ1) is 22.8. The number of aromatic hydroxyl groups is 1. The Balaban J connectivity index is 1.61. The van der Waals surface area contributed by atoms with Crippen molar-refractivity contribution in [1.29, 1.82) is 0 Å². The van der Waals surface area contributed by atoms with Crippen LogP contribution in [0.4, 0.5) is 0 Å². The van der Waals surface area contributed by atoms with Crippen LogP contribution in [0.1, 0.15) is 27.6 Å². The minimum atomic E-state index is -1.86. The quantitative estimate of drug-likeness (QED) is 0.382. The summed E-state index contributed by atoms with van der Waals surface area (Å²) in [5, 5.41) is 49.2. The number of cyclic esters (lactones) is 1. The molecule has 1 fully saturated rings. The van der Waals surface area contributed by atoms with Crippen LogP contribution in [0.3, 0.4) is 0 Å². The maximum absolute atomic E-state index is 12.4. The van der Waals surface area contributed by atoms with Gasteiger partial charge in [0.2, 0.25) is 6.29 Å². The molecule has 0 aromatic heterocycles. The number of aliphatic carboxylic acids is 1. The lowest BCUT2D eigenvalue weighted by atomic mass is 9.94.